The molecule has 1 N–H and O–H groups in total. The molecule has 8 heteroatoms. The second kappa shape index (κ2) is 8.12. The van der Waals surface area contributed by atoms with Crippen molar-refractivity contribution in [1.29, 1.82) is 0 Å². The van der Waals surface area contributed by atoms with E-state index in [1.165, 1.54) is 18.4 Å². The molecule has 0 spiro atoms. The number of aromatic nitrogens is 2. The SMILES string of the molecule is CCc1nc2ccccc2n1CC(=O)NCc1ccccc1S(=O)(=O)N(C)C. The van der Waals surface area contributed by atoms with Crippen molar-refractivity contribution in [3.63, 3.8) is 0 Å². The third-order valence-corrected chi connectivity index (χ3v) is 6.47. The monoisotopic (exact) mass is 400 g/mol. The fraction of sp³-hybridized carbons (Fsp3) is 0.300. The lowest BCUT2D eigenvalue weighted by Gasteiger charge is -2.16. The summed E-state index contributed by atoms with van der Waals surface area (Å²) in [6.45, 7) is 2.26. The zero-order chi connectivity index (χ0) is 20.3. The number of carbonyl (C=O) groups excluding carboxylic acids is 1. The van der Waals surface area contributed by atoms with Gasteiger partial charge in [-0.1, -0.05) is 37.3 Å². The number of hydrogen-bond acceptors (Lipinski definition) is 4. The first kappa shape index (κ1) is 20.0. The van der Waals surface area contributed by atoms with E-state index in [1.807, 2.05) is 35.8 Å². The van der Waals surface area contributed by atoms with Gasteiger partial charge >= 0.3 is 0 Å². The van der Waals surface area contributed by atoms with Crippen molar-refractivity contribution in [3.05, 3.63) is 59.9 Å². The highest BCUT2D eigenvalue weighted by molar-refractivity contribution is 7.89. The highest BCUT2D eigenvalue weighted by Crippen LogP contribution is 2.19. The molecule has 0 aliphatic rings. The van der Waals surface area contributed by atoms with Gasteiger partial charge in [0.25, 0.3) is 0 Å². The van der Waals surface area contributed by atoms with Crippen molar-refractivity contribution in [2.75, 3.05) is 14.1 Å². The van der Waals surface area contributed by atoms with Crippen molar-refractivity contribution in [1.82, 2.24) is 19.2 Å². The number of nitrogens with zero attached hydrogens (tertiary/aromatic N) is 3. The maximum absolute atomic E-state index is 12.6. The lowest BCUT2D eigenvalue weighted by atomic mass is 10.2. The van der Waals surface area contributed by atoms with Crippen LogP contribution in [0.4, 0.5) is 0 Å². The van der Waals surface area contributed by atoms with E-state index < -0.39 is 10.0 Å². The quantitative estimate of drug-likeness (QED) is 0.659. The average Bonchev–Trinajstić information content (AvgIpc) is 3.04. The Bertz CT molecular complexity index is 1100. The Morgan fingerprint density at radius 1 is 1.11 bits per heavy atom. The van der Waals surface area contributed by atoms with Crippen molar-refractivity contribution >= 4 is 27.0 Å². The number of imidazole rings is 1. The highest BCUT2D eigenvalue weighted by atomic mass is 32.2. The molecule has 28 heavy (non-hydrogen) atoms. The first-order valence-corrected chi connectivity index (χ1v) is 10.5. The van der Waals surface area contributed by atoms with Gasteiger partial charge in [0.2, 0.25) is 15.9 Å². The van der Waals surface area contributed by atoms with E-state index in [9.17, 15) is 13.2 Å². The molecule has 1 amide bonds. The number of rotatable bonds is 7. The molecule has 3 rings (SSSR count). The van der Waals surface area contributed by atoms with Gasteiger partial charge in [-0.2, -0.15) is 0 Å². The molecule has 0 atom stereocenters. The van der Waals surface area contributed by atoms with Gasteiger partial charge in [0.15, 0.2) is 0 Å². The van der Waals surface area contributed by atoms with E-state index in [0.29, 0.717) is 12.0 Å². The van der Waals surface area contributed by atoms with Crippen LogP contribution in [0.5, 0.6) is 0 Å². The molecule has 148 valence electrons. The maximum atomic E-state index is 12.6. The zero-order valence-corrected chi connectivity index (χ0v) is 17.0. The van der Waals surface area contributed by atoms with E-state index in [1.54, 1.807) is 24.3 Å². The normalized spacial score (nSPS) is 11.9. The van der Waals surface area contributed by atoms with Crippen molar-refractivity contribution < 1.29 is 13.2 Å². The van der Waals surface area contributed by atoms with Gasteiger partial charge in [-0.15, -0.1) is 0 Å². The summed E-state index contributed by atoms with van der Waals surface area (Å²) in [6.07, 6.45) is 0.714. The number of amides is 1. The number of hydrogen-bond donors (Lipinski definition) is 1. The molecule has 0 unspecified atom stereocenters. The van der Waals surface area contributed by atoms with Crippen LogP contribution in [0.3, 0.4) is 0 Å². The minimum atomic E-state index is -3.58. The maximum Gasteiger partial charge on any atom is 0.242 e. The summed E-state index contributed by atoms with van der Waals surface area (Å²) < 4.78 is 28.0. The molecular formula is C20H24N4O3S. The molecule has 1 heterocycles. The zero-order valence-electron chi connectivity index (χ0n) is 16.2. The Balaban J connectivity index is 1.78. The second-order valence-electron chi connectivity index (χ2n) is 6.63. The Labute approximate surface area is 165 Å². The van der Waals surface area contributed by atoms with Crippen LogP contribution in [-0.2, 0) is 34.3 Å². The van der Waals surface area contributed by atoms with Crippen LogP contribution in [0.25, 0.3) is 11.0 Å². The number of aryl methyl sites for hydroxylation is 1. The molecule has 2 aromatic carbocycles. The van der Waals surface area contributed by atoms with Crippen molar-refractivity contribution in [2.24, 2.45) is 0 Å². The lowest BCUT2D eigenvalue weighted by molar-refractivity contribution is -0.121. The van der Waals surface area contributed by atoms with Crippen LogP contribution in [0.15, 0.2) is 53.4 Å². The molecule has 1 aromatic heterocycles. The van der Waals surface area contributed by atoms with Gasteiger partial charge < -0.3 is 9.88 Å². The molecule has 0 saturated carbocycles. The Kier molecular flexibility index (Phi) is 5.81. The van der Waals surface area contributed by atoms with Crippen LogP contribution >= 0.6 is 0 Å². The van der Waals surface area contributed by atoms with Gasteiger partial charge in [0, 0.05) is 27.1 Å². The van der Waals surface area contributed by atoms with E-state index >= 15 is 0 Å². The molecule has 0 saturated heterocycles. The molecule has 7 nitrogen and oxygen atoms in total. The van der Waals surface area contributed by atoms with E-state index in [4.69, 9.17) is 0 Å². The molecule has 0 bridgehead atoms. The third-order valence-electron chi connectivity index (χ3n) is 4.56. The summed E-state index contributed by atoms with van der Waals surface area (Å²) in [5.41, 5.74) is 2.32. The van der Waals surface area contributed by atoms with E-state index in [-0.39, 0.29) is 23.9 Å². The summed E-state index contributed by atoms with van der Waals surface area (Å²) >= 11 is 0. The van der Waals surface area contributed by atoms with Crippen LogP contribution < -0.4 is 5.32 Å². The standard InChI is InChI=1S/C20H24N4O3S/c1-4-19-22-16-10-6-7-11-17(16)24(19)14-20(25)21-13-15-9-5-8-12-18(15)28(26,27)23(2)3/h5-12H,4,13-14H2,1-3H3,(H,21,25). The molecule has 0 radical (unpaired) electrons. The Morgan fingerprint density at radius 2 is 1.79 bits per heavy atom. The van der Waals surface area contributed by atoms with Crippen molar-refractivity contribution in [2.45, 2.75) is 31.3 Å². The number of para-hydroxylation sites is 2. The smallest absolute Gasteiger partial charge is 0.242 e. The Hall–Kier alpha value is -2.71. The fourth-order valence-corrected chi connectivity index (χ4v) is 4.18. The summed E-state index contributed by atoms with van der Waals surface area (Å²) in [4.78, 5) is 17.3. The lowest BCUT2D eigenvalue weighted by Crippen LogP contribution is -2.29. The average molecular weight is 401 g/mol. The predicted octanol–water partition coefficient (Wildman–Crippen LogP) is 2.17. The van der Waals surface area contributed by atoms with Crippen molar-refractivity contribution in [3.8, 4) is 0 Å². The van der Waals surface area contributed by atoms with Gasteiger partial charge in [-0.25, -0.2) is 17.7 Å². The predicted molar refractivity (Wildman–Crippen MR) is 108 cm³/mol. The molecule has 0 aliphatic carbocycles. The number of benzene rings is 2. The van der Waals surface area contributed by atoms with Gasteiger partial charge in [0.05, 0.1) is 15.9 Å². The highest BCUT2D eigenvalue weighted by Gasteiger charge is 2.21. The van der Waals surface area contributed by atoms with E-state index in [0.717, 1.165) is 16.9 Å². The number of carbonyl (C=O) groups is 1. The van der Waals surface area contributed by atoms with Crippen LogP contribution in [0.2, 0.25) is 0 Å². The topological polar surface area (TPSA) is 84.3 Å². The number of nitrogens with one attached hydrogen (secondary N) is 1. The largest absolute Gasteiger partial charge is 0.350 e. The van der Waals surface area contributed by atoms with Gasteiger partial charge in [-0.3, -0.25) is 4.79 Å². The van der Waals surface area contributed by atoms with Crippen LogP contribution in [-0.4, -0.2) is 42.3 Å². The van der Waals surface area contributed by atoms with Crippen LogP contribution in [0.1, 0.15) is 18.3 Å². The summed E-state index contributed by atoms with van der Waals surface area (Å²) in [5.74, 6) is 0.641. The van der Waals surface area contributed by atoms with Gasteiger partial charge in [0.1, 0.15) is 12.4 Å². The number of fused-ring (bicyclic) bond motifs is 1. The summed E-state index contributed by atoms with van der Waals surface area (Å²) in [7, 11) is -0.604. The van der Waals surface area contributed by atoms with E-state index in [2.05, 4.69) is 10.3 Å². The summed E-state index contributed by atoms with van der Waals surface area (Å²) in [6, 6.07) is 14.4. The Morgan fingerprint density at radius 3 is 2.50 bits per heavy atom. The van der Waals surface area contributed by atoms with Crippen LogP contribution in [0, 0.1) is 0 Å². The first-order valence-electron chi connectivity index (χ1n) is 9.06. The molecule has 0 aliphatic heterocycles. The minimum absolute atomic E-state index is 0.131. The third kappa shape index (κ3) is 3.93. The number of sulfonamides is 1. The van der Waals surface area contributed by atoms with Gasteiger partial charge in [-0.05, 0) is 23.8 Å². The molecular weight excluding hydrogens is 376 g/mol. The second-order valence-corrected chi connectivity index (χ2v) is 8.75. The molecule has 3 aromatic rings. The molecule has 0 fully saturated rings. The first-order chi connectivity index (χ1) is 13.3. The minimum Gasteiger partial charge on any atom is -0.350 e. The fourth-order valence-electron chi connectivity index (χ4n) is 3.06. The summed E-state index contributed by atoms with van der Waals surface area (Å²) in [5, 5.41) is 2.83.